The molecule has 2 aromatic rings. The summed E-state index contributed by atoms with van der Waals surface area (Å²) in [5, 5.41) is 32.2. The van der Waals surface area contributed by atoms with Gasteiger partial charge in [0.15, 0.2) is 5.70 Å². The van der Waals surface area contributed by atoms with Gasteiger partial charge in [0, 0.05) is 43.1 Å². The summed E-state index contributed by atoms with van der Waals surface area (Å²) in [4.78, 5) is 43.4. The van der Waals surface area contributed by atoms with E-state index in [0.29, 0.717) is 10.7 Å². The van der Waals surface area contributed by atoms with Crippen molar-refractivity contribution in [2.24, 2.45) is 5.92 Å². The number of carbonyl (C=O) groups excluding carboxylic acids is 1. The molecule has 1 aromatic carbocycles. The fraction of sp³-hybridized carbons (Fsp3) is 0.423. The molecule has 200 valence electrons. The number of non-ortho nitro benzene ring substituents is 1. The molecular weight excluding hydrogens is 528 g/mol. The molecule has 1 aromatic heterocycles. The Balaban J connectivity index is 1.39. The van der Waals surface area contributed by atoms with Crippen LogP contribution in [-0.2, 0) is 22.6 Å². The number of rotatable bonds is 10. The predicted molar refractivity (Wildman–Crippen MR) is 144 cm³/mol. The number of nitro benzene ring substituents is 1. The summed E-state index contributed by atoms with van der Waals surface area (Å²) in [5.74, 6) is -2.35. The average molecular weight is 557 g/mol. The summed E-state index contributed by atoms with van der Waals surface area (Å²) >= 11 is 2.83. The average Bonchev–Trinajstić information content (AvgIpc) is 3.44. The molecule has 38 heavy (non-hydrogen) atoms. The Morgan fingerprint density at radius 3 is 2.71 bits per heavy atom. The number of aliphatic hydroxyl groups excluding tert-OH is 1. The number of thioether (sulfide) groups is 2. The van der Waals surface area contributed by atoms with Gasteiger partial charge in [-0.1, -0.05) is 36.9 Å². The summed E-state index contributed by atoms with van der Waals surface area (Å²) in [5.41, 5.74) is 1.63. The van der Waals surface area contributed by atoms with Crippen LogP contribution >= 0.6 is 23.5 Å². The van der Waals surface area contributed by atoms with E-state index in [0.717, 1.165) is 37.3 Å². The predicted octanol–water partition coefficient (Wildman–Crippen LogP) is 3.47. The van der Waals surface area contributed by atoms with Crippen molar-refractivity contribution in [1.82, 2.24) is 14.8 Å². The summed E-state index contributed by atoms with van der Waals surface area (Å²) in [7, 11) is 0. The van der Waals surface area contributed by atoms with Crippen molar-refractivity contribution in [2.75, 3.05) is 13.1 Å². The van der Waals surface area contributed by atoms with Crippen LogP contribution < -0.4 is 0 Å². The van der Waals surface area contributed by atoms with Gasteiger partial charge < -0.3 is 10.2 Å². The second-order valence-electron chi connectivity index (χ2n) is 9.70. The molecule has 12 heteroatoms. The SMILES string of the molecule is CC[C@H](O)[C@@H]1C(=O)N2C(C(=O)O)=C(SC3CCN(Cc4ccccn4)C3)S[C@]12Cc1ccc([N+](=O)[O-])cc1. The van der Waals surface area contributed by atoms with Crippen LogP contribution in [0.15, 0.2) is 58.6 Å². The van der Waals surface area contributed by atoms with Crippen molar-refractivity contribution >= 4 is 41.1 Å². The highest BCUT2D eigenvalue weighted by atomic mass is 32.2. The minimum absolute atomic E-state index is 0.0327. The van der Waals surface area contributed by atoms with Crippen LogP contribution in [0.4, 0.5) is 5.69 Å². The van der Waals surface area contributed by atoms with Gasteiger partial charge in [-0.05, 0) is 37.1 Å². The van der Waals surface area contributed by atoms with Gasteiger partial charge in [-0.15, -0.1) is 11.8 Å². The minimum atomic E-state index is -1.17. The van der Waals surface area contributed by atoms with E-state index in [-0.39, 0.29) is 23.1 Å². The number of aliphatic hydroxyl groups is 1. The highest BCUT2D eigenvalue weighted by molar-refractivity contribution is 8.23. The van der Waals surface area contributed by atoms with Crippen LogP contribution in [0.25, 0.3) is 0 Å². The molecular formula is C26H28N4O6S2. The second-order valence-corrected chi connectivity index (χ2v) is 12.6. The highest BCUT2D eigenvalue weighted by Crippen LogP contribution is 2.63. The summed E-state index contributed by atoms with van der Waals surface area (Å²) < 4.78 is 0.572. The molecule has 10 nitrogen and oxygen atoms in total. The maximum Gasteiger partial charge on any atom is 0.354 e. The number of nitro groups is 1. The number of benzene rings is 1. The number of hydrogen-bond acceptors (Lipinski definition) is 9. The monoisotopic (exact) mass is 556 g/mol. The first-order valence-corrected chi connectivity index (χ1v) is 14.1. The number of carboxylic acid groups (broad SMARTS) is 1. The fourth-order valence-corrected chi connectivity index (χ4v) is 9.05. The summed E-state index contributed by atoms with van der Waals surface area (Å²) in [6, 6.07) is 11.9. The molecule has 2 N–H and O–H groups in total. The number of fused-ring (bicyclic) bond motifs is 1. The van der Waals surface area contributed by atoms with Gasteiger partial charge in [-0.2, -0.15) is 0 Å². The maximum atomic E-state index is 13.3. The maximum absolute atomic E-state index is 13.3. The fourth-order valence-electron chi connectivity index (χ4n) is 5.43. The van der Waals surface area contributed by atoms with Gasteiger partial charge in [0.2, 0.25) is 5.91 Å². The van der Waals surface area contributed by atoms with Crippen LogP contribution in [0.3, 0.4) is 0 Å². The van der Waals surface area contributed by atoms with E-state index in [9.17, 15) is 29.9 Å². The van der Waals surface area contributed by atoms with Crippen LogP contribution in [0.5, 0.6) is 0 Å². The van der Waals surface area contributed by atoms with Crippen molar-refractivity contribution in [3.63, 3.8) is 0 Å². The van der Waals surface area contributed by atoms with Crippen LogP contribution in [-0.4, -0.2) is 71.1 Å². The molecule has 0 aliphatic carbocycles. The van der Waals surface area contributed by atoms with E-state index in [1.165, 1.54) is 40.6 Å². The molecule has 1 amide bonds. The lowest BCUT2D eigenvalue weighted by atomic mass is 9.77. The quantitative estimate of drug-likeness (QED) is 0.254. The highest BCUT2D eigenvalue weighted by Gasteiger charge is 2.68. The second kappa shape index (κ2) is 10.7. The molecule has 1 unspecified atom stereocenters. The van der Waals surface area contributed by atoms with Crippen LogP contribution in [0, 0.1) is 16.0 Å². The largest absolute Gasteiger partial charge is 0.477 e. The summed E-state index contributed by atoms with van der Waals surface area (Å²) in [6.45, 7) is 4.13. The van der Waals surface area contributed by atoms with Gasteiger partial charge in [-0.25, -0.2) is 4.79 Å². The Hall–Kier alpha value is -2.93. The number of aliphatic carboxylic acids is 1. The Bertz CT molecular complexity index is 1270. The van der Waals surface area contributed by atoms with Gasteiger partial charge in [-0.3, -0.25) is 29.7 Å². The van der Waals surface area contributed by atoms with E-state index >= 15 is 0 Å². The first kappa shape index (κ1) is 26.7. The molecule has 4 heterocycles. The van der Waals surface area contributed by atoms with Gasteiger partial charge >= 0.3 is 5.97 Å². The number of hydrogen-bond donors (Lipinski definition) is 2. The van der Waals surface area contributed by atoms with E-state index in [1.807, 2.05) is 18.2 Å². The Morgan fingerprint density at radius 1 is 1.32 bits per heavy atom. The first-order chi connectivity index (χ1) is 18.2. The number of likely N-dealkylation sites (tertiary alicyclic amines) is 1. The minimum Gasteiger partial charge on any atom is -0.477 e. The van der Waals surface area contributed by atoms with Crippen LogP contribution in [0.1, 0.15) is 31.0 Å². The normalized spacial score (nSPS) is 25.8. The smallest absolute Gasteiger partial charge is 0.354 e. The van der Waals surface area contributed by atoms with Crippen molar-refractivity contribution in [2.45, 2.75) is 49.0 Å². The number of carbonyl (C=O) groups is 2. The molecule has 3 aliphatic rings. The Labute approximate surface area is 228 Å². The number of pyridine rings is 1. The van der Waals surface area contributed by atoms with E-state index in [2.05, 4.69) is 9.88 Å². The van der Waals surface area contributed by atoms with Crippen molar-refractivity contribution < 1.29 is 24.7 Å². The third kappa shape index (κ3) is 4.81. The van der Waals surface area contributed by atoms with Crippen LogP contribution in [0.2, 0.25) is 0 Å². The molecule has 0 bridgehead atoms. The third-order valence-electron chi connectivity index (χ3n) is 7.26. The molecule has 0 spiro atoms. The van der Waals surface area contributed by atoms with E-state index < -0.39 is 33.7 Å². The lowest BCUT2D eigenvalue weighted by Gasteiger charge is -2.54. The molecule has 5 rings (SSSR count). The zero-order valence-electron chi connectivity index (χ0n) is 20.7. The third-order valence-corrected chi connectivity index (χ3v) is 10.2. The molecule has 2 fully saturated rings. The van der Waals surface area contributed by atoms with Crippen molar-refractivity contribution in [1.29, 1.82) is 0 Å². The van der Waals surface area contributed by atoms with Gasteiger partial charge in [0.25, 0.3) is 5.69 Å². The number of β-lactam (4-membered cyclic amide) rings is 1. The number of carboxylic acids is 1. The van der Waals surface area contributed by atoms with Crippen molar-refractivity contribution in [3.05, 3.63) is 80.0 Å². The molecule has 2 saturated heterocycles. The zero-order valence-corrected chi connectivity index (χ0v) is 22.4. The molecule has 4 atom stereocenters. The summed E-state index contributed by atoms with van der Waals surface area (Å²) in [6.07, 6.45) is 2.33. The molecule has 0 saturated carbocycles. The lowest BCUT2D eigenvalue weighted by molar-refractivity contribution is -0.384. The molecule has 3 aliphatic heterocycles. The lowest BCUT2D eigenvalue weighted by Crippen LogP contribution is -2.71. The van der Waals surface area contributed by atoms with Crippen molar-refractivity contribution in [3.8, 4) is 0 Å². The number of amides is 1. The van der Waals surface area contributed by atoms with E-state index in [4.69, 9.17) is 0 Å². The number of aromatic nitrogens is 1. The molecule has 0 radical (unpaired) electrons. The van der Waals surface area contributed by atoms with E-state index in [1.54, 1.807) is 25.3 Å². The number of nitrogens with zero attached hydrogens (tertiary/aromatic N) is 4. The topological polar surface area (TPSA) is 137 Å². The standard InChI is InChI=1S/C26H28N4O6S2/c1-2-20(31)21-23(32)29-22(24(33)34)25(37-19-10-12-28(15-19)14-17-5-3-4-11-27-17)38-26(21,29)13-16-6-8-18(9-7-16)30(35)36/h3-9,11,19-21,31H,2,10,12-15H2,1H3,(H,33,34)/t19?,20-,21+,26+/m0/s1. The first-order valence-electron chi connectivity index (χ1n) is 12.4. The Morgan fingerprint density at radius 2 is 2.08 bits per heavy atom. The van der Waals surface area contributed by atoms with Gasteiger partial charge in [0.05, 0.1) is 26.9 Å². The Kier molecular flexibility index (Phi) is 7.49. The zero-order chi connectivity index (χ0) is 27.0. The van der Waals surface area contributed by atoms with Gasteiger partial charge in [0.1, 0.15) is 4.87 Å².